The average Bonchev–Trinajstić information content (AvgIpc) is 3.12. The fraction of sp³-hybridized carbons (Fsp3) is 0.120. The summed E-state index contributed by atoms with van der Waals surface area (Å²) in [5.41, 5.74) is 7.13. The number of H-pyrrole nitrogens is 1. The predicted molar refractivity (Wildman–Crippen MR) is 132 cm³/mol. The van der Waals surface area contributed by atoms with E-state index in [1.807, 2.05) is 12.1 Å². The fourth-order valence-corrected chi connectivity index (χ4v) is 4.09. The topological polar surface area (TPSA) is 27.8 Å². The maximum absolute atomic E-state index is 5.96. The summed E-state index contributed by atoms with van der Waals surface area (Å²) >= 11 is 8.32. The first-order chi connectivity index (χ1) is 14.1. The Labute approximate surface area is 190 Å². The minimum absolute atomic E-state index is 0.772. The zero-order chi connectivity index (χ0) is 20.2. The summed E-state index contributed by atoms with van der Waals surface area (Å²) < 4.78 is 1.26. The molecule has 0 spiro atoms. The molecule has 0 saturated carbocycles. The highest BCUT2D eigenvalue weighted by Crippen LogP contribution is 2.21. The average molecular weight is 513 g/mol. The molecule has 0 atom stereocenters. The number of halogens is 2. The lowest BCUT2D eigenvalue weighted by Gasteiger charge is -2.11. The van der Waals surface area contributed by atoms with E-state index in [1.165, 1.54) is 31.2 Å². The van der Waals surface area contributed by atoms with Crippen LogP contribution in [0.4, 0.5) is 0 Å². The van der Waals surface area contributed by atoms with E-state index in [2.05, 4.69) is 100 Å². The van der Waals surface area contributed by atoms with E-state index in [4.69, 9.17) is 11.6 Å². The van der Waals surface area contributed by atoms with Gasteiger partial charge < -0.3 is 10.3 Å². The summed E-state index contributed by atoms with van der Waals surface area (Å²) in [4.78, 5) is 3.35. The van der Waals surface area contributed by atoms with Crippen LogP contribution in [0.3, 0.4) is 0 Å². The van der Waals surface area contributed by atoms with E-state index >= 15 is 0 Å². The molecule has 29 heavy (non-hydrogen) atoms. The SMILES string of the molecule is C=C(NCCc1c[nH]c2ccc(I)cc12)c1ccc(Cc2ccc(Cl)cc2)cc1. The Bertz CT molecular complexity index is 1130. The quantitative estimate of drug-likeness (QED) is 0.261. The second-order valence-corrected chi connectivity index (χ2v) is 8.84. The van der Waals surface area contributed by atoms with Gasteiger partial charge in [-0.2, -0.15) is 0 Å². The Kier molecular flexibility index (Phi) is 6.26. The molecule has 0 amide bonds. The Morgan fingerprint density at radius 1 is 0.966 bits per heavy atom. The van der Waals surface area contributed by atoms with Crippen LogP contribution in [0.25, 0.3) is 16.6 Å². The van der Waals surface area contributed by atoms with Crippen molar-refractivity contribution in [3.63, 3.8) is 0 Å². The van der Waals surface area contributed by atoms with Crippen molar-refractivity contribution in [3.8, 4) is 0 Å². The van der Waals surface area contributed by atoms with E-state index in [-0.39, 0.29) is 0 Å². The molecule has 1 aromatic heterocycles. The Balaban J connectivity index is 1.33. The van der Waals surface area contributed by atoms with Gasteiger partial charge in [-0.15, -0.1) is 0 Å². The third-order valence-electron chi connectivity index (χ3n) is 5.09. The van der Waals surface area contributed by atoms with E-state index < -0.39 is 0 Å². The molecule has 2 N–H and O–H groups in total. The van der Waals surface area contributed by atoms with Crippen LogP contribution in [0.5, 0.6) is 0 Å². The molecule has 0 aliphatic rings. The molecular formula is C25H22ClIN2. The smallest absolute Gasteiger partial charge is 0.0457 e. The number of hydrogen-bond acceptors (Lipinski definition) is 1. The van der Waals surface area contributed by atoms with Crippen molar-refractivity contribution in [2.75, 3.05) is 6.54 Å². The van der Waals surface area contributed by atoms with Crippen molar-refractivity contribution in [1.29, 1.82) is 0 Å². The predicted octanol–water partition coefficient (Wildman–Crippen LogP) is 6.82. The number of nitrogens with one attached hydrogen (secondary N) is 2. The van der Waals surface area contributed by atoms with Crippen molar-refractivity contribution in [1.82, 2.24) is 10.3 Å². The van der Waals surface area contributed by atoms with Crippen LogP contribution in [0.1, 0.15) is 22.3 Å². The lowest BCUT2D eigenvalue weighted by molar-refractivity contribution is 0.853. The Hall–Kier alpha value is -2.24. The summed E-state index contributed by atoms with van der Waals surface area (Å²) in [6.45, 7) is 5.06. The normalized spacial score (nSPS) is 11.0. The highest BCUT2D eigenvalue weighted by Gasteiger charge is 2.05. The minimum atomic E-state index is 0.772. The van der Waals surface area contributed by atoms with Crippen molar-refractivity contribution < 1.29 is 0 Å². The molecule has 4 aromatic rings. The second-order valence-electron chi connectivity index (χ2n) is 7.16. The van der Waals surface area contributed by atoms with Gasteiger partial charge in [-0.05, 0) is 88.0 Å². The largest absolute Gasteiger partial charge is 0.385 e. The fourth-order valence-electron chi connectivity index (χ4n) is 3.47. The summed E-state index contributed by atoms with van der Waals surface area (Å²) in [5, 5.41) is 5.54. The number of aromatic amines is 1. The highest BCUT2D eigenvalue weighted by molar-refractivity contribution is 14.1. The van der Waals surface area contributed by atoms with Crippen LogP contribution in [-0.4, -0.2) is 11.5 Å². The van der Waals surface area contributed by atoms with E-state index in [9.17, 15) is 0 Å². The maximum Gasteiger partial charge on any atom is 0.0457 e. The minimum Gasteiger partial charge on any atom is -0.385 e. The number of hydrogen-bond donors (Lipinski definition) is 2. The number of rotatable bonds is 7. The standard InChI is InChI=1S/C25H22ClIN2/c1-17(28-13-12-21-16-29-25-11-10-23(27)15-24(21)25)20-6-2-18(3-7-20)14-19-4-8-22(26)9-5-19/h2-11,15-16,28-29H,1,12-14H2. The van der Waals surface area contributed by atoms with Gasteiger partial charge in [0.1, 0.15) is 0 Å². The van der Waals surface area contributed by atoms with Gasteiger partial charge >= 0.3 is 0 Å². The summed E-state index contributed by atoms with van der Waals surface area (Å²) in [5.74, 6) is 0. The van der Waals surface area contributed by atoms with Crippen LogP contribution in [0.2, 0.25) is 5.02 Å². The molecule has 0 saturated heterocycles. The highest BCUT2D eigenvalue weighted by atomic mass is 127. The number of benzene rings is 3. The van der Waals surface area contributed by atoms with E-state index in [0.717, 1.165) is 35.7 Å². The monoisotopic (exact) mass is 512 g/mol. The third-order valence-corrected chi connectivity index (χ3v) is 6.01. The third kappa shape index (κ3) is 5.03. The van der Waals surface area contributed by atoms with Gasteiger partial charge in [0, 0.05) is 37.9 Å². The Morgan fingerprint density at radius 2 is 1.66 bits per heavy atom. The molecule has 146 valence electrons. The first kappa shape index (κ1) is 20.0. The molecule has 2 nitrogen and oxygen atoms in total. The number of aromatic nitrogens is 1. The van der Waals surface area contributed by atoms with Gasteiger partial charge in [-0.1, -0.05) is 54.6 Å². The molecule has 3 aromatic carbocycles. The van der Waals surface area contributed by atoms with Crippen LogP contribution in [-0.2, 0) is 12.8 Å². The number of fused-ring (bicyclic) bond motifs is 1. The van der Waals surface area contributed by atoms with Crippen molar-refractivity contribution in [2.45, 2.75) is 12.8 Å². The van der Waals surface area contributed by atoms with Gasteiger partial charge in [-0.3, -0.25) is 0 Å². The van der Waals surface area contributed by atoms with Crippen molar-refractivity contribution >= 4 is 50.8 Å². The zero-order valence-electron chi connectivity index (χ0n) is 16.0. The van der Waals surface area contributed by atoms with Gasteiger partial charge in [-0.25, -0.2) is 0 Å². The van der Waals surface area contributed by atoms with Gasteiger partial charge in [0.25, 0.3) is 0 Å². The van der Waals surface area contributed by atoms with Crippen LogP contribution >= 0.6 is 34.2 Å². The lowest BCUT2D eigenvalue weighted by atomic mass is 10.0. The van der Waals surface area contributed by atoms with Crippen molar-refractivity contribution in [2.24, 2.45) is 0 Å². The second kappa shape index (κ2) is 9.06. The summed E-state index contributed by atoms with van der Waals surface area (Å²) in [6, 6.07) is 23.1. The first-order valence-electron chi connectivity index (χ1n) is 9.60. The molecule has 0 unspecified atom stereocenters. The maximum atomic E-state index is 5.96. The molecule has 0 aliphatic carbocycles. The molecule has 4 heteroatoms. The summed E-state index contributed by atoms with van der Waals surface area (Å²) in [7, 11) is 0. The summed E-state index contributed by atoms with van der Waals surface area (Å²) in [6.07, 6.45) is 3.96. The zero-order valence-corrected chi connectivity index (χ0v) is 18.9. The van der Waals surface area contributed by atoms with Crippen LogP contribution in [0, 0.1) is 3.57 Å². The van der Waals surface area contributed by atoms with Gasteiger partial charge in [0.05, 0.1) is 0 Å². The van der Waals surface area contributed by atoms with Crippen molar-refractivity contribution in [3.05, 3.63) is 110 Å². The molecule has 0 aliphatic heterocycles. The molecule has 1 heterocycles. The van der Waals surface area contributed by atoms with Crippen LogP contribution < -0.4 is 5.32 Å². The molecular weight excluding hydrogens is 491 g/mol. The molecule has 0 fully saturated rings. The van der Waals surface area contributed by atoms with Gasteiger partial charge in [0.2, 0.25) is 0 Å². The van der Waals surface area contributed by atoms with Gasteiger partial charge in [0.15, 0.2) is 0 Å². The van der Waals surface area contributed by atoms with Crippen LogP contribution in [0.15, 0.2) is 79.5 Å². The molecule has 0 radical (unpaired) electrons. The molecule has 0 bridgehead atoms. The Morgan fingerprint density at radius 3 is 2.38 bits per heavy atom. The molecule has 4 rings (SSSR count). The first-order valence-corrected chi connectivity index (χ1v) is 11.1. The van der Waals surface area contributed by atoms with E-state index in [0.29, 0.717) is 0 Å². The van der Waals surface area contributed by atoms with E-state index in [1.54, 1.807) is 0 Å². The lowest BCUT2D eigenvalue weighted by Crippen LogP contribution is -2.15.